The van der Waals surface area contributed by atoms with Gasteiger partial charge in [-0.25, -0.2) is 0 Å². The van der Waals surface area contributed by atoms with Gasteiger partial charge in [0.15, 0.2) is 5.75 Å². The number of carbonyl (C=O) groups excluding carboxylic acids is 1. The fourth-order valence-corrected chi connectivity index (χ4v) is 5.33. The topological polar surface area (TPSA) is 77.9 Å². The minimum atomic E-state index is -0.434. The van der Waals surface area contributed by atoms with E-state index in [9.17, 15) is 10.1 Å². The molecule has 1 heterocycles. The molecule has 0 saturated carbocycles. The fourth-order valence-electron chi connectivity index (χ4n) is 4.34. The molecule has 1 aromatic heterocycles. The van der Waals surface area contributed by atoms with Gasteiger partial charge in [0.2, 0.25) is 0 Å². The zero-order valence-corrected chi connectivity index (χ0v) is 22.6. The second kappa shape index (κ2) is 11.6. The summed E-state index contributed by atoms with van der Waals surface area (Å²) in [7, 11) is 0. The Balaban J connectivity index is 1.23. The van der Waals surface area contributed by atoms with Gasteiger partial charge in [0.05, 0.1) is 9.50 Å². The Kier molecular flexibility index (Phi) is 7.78. The SMILES string of the molecule is N#C/C(=C/c1cc(Cl)c(OCc2ccc3ccccc3c2)c(Br)c1)C(=O)NCCc1c[nH]c2ccccc12. The molecule has 4 aromatic carbocycles. The summed E-state index contributed by atoms with van der Waals surface area (Å²) in [6.45, 7) is 0.756. The summed E-state index contributed by atoms with van der Waals surface area (Å²) < 4.78 is 6.64. The number of nitriles is 1. The Morgan fingerprint density at radius 1 is 1.05 bits per heavy atom. The van der Waals surface area contributed by atoms with Gasteiger partial charge >= 0.3 is 0 Å². The van der Waals surface area contributed by atoms with Crippen molar-refractivity contribution in [1.82, 2.24) is 10.3 Å². The summed E-state index contributed by atoms with van der Waals surface area (Å²) in [5, 5.41) is 16.3. The van der Waals surface area contributed by atoms with Gasteiger partial charge in [-0.05, 0) is 80.2 Å². The first kappa shape index (κ1) is 25.6. The van der Waals surface area contributed by atoms with Crippen molar-refractivity contribution in [2.24, 2.45) is 0 Å². The van der Waals surface area contributed by atoms with Crippen LogP contribution < -0.4 is 10.1 Å². The molecule has 0 spiro atoms. The van der Waals surface area contributed by atoms with Gasteiger partial charge in [-0.2, -0.15) is 5.26 Å². The highest BCUT2D eigenvalue weighted by Crippen LogP contribution is 2.36. The second-order valence-corrected chi connectivity index (χ2v) is 10.1. The highest BCUT2D eigenvalue weighted by atomic mass is 79.9. The van der Waals surface area contributed by atoms with E-state index >= 15 is 0 Å². The Bertz CT molecular complexity index is 1690. The average molecular weight is 585 g/mol. The van der Waals surface area contributed by atoms with Gasteiger partial charge in [0.25, 0.3) is 5.91 Å². The van der Waals surface area contributed by atoms with Crippen LogP contribution in [0.25, 0.3) is 27.8 Å². The lowest BCUT2D eigenvalue weighted by Crippen LogP contribution is -2.26. The number of aromatic nitrogens is 1. The van der Waals surface area contributed by atoms with Gasteiger partial charge in [-0.3, -0.25) is 4.79 Å². The minimum absolute atomic E-state index is 0.00303. The lowest BCUT2D eigenvalue weighted by Gasteiger charge is -2.12. The minimum Gasteiger partial charge on any atom is -0.486 e. The first-order chi connectivity index (χ1) is 18.5. The van der Waals surface area contributed by atoms with E-state index in [1.165, 1.54) is 11.5 Å². The van der Waals surface area contributed by atoms with Gasteiger partial charge in [0, 0.05) is 23.6 Å². The molecule has 0 aliphatic rings. The summed E-state index contributed by atoms with van der Waals surface area (Å²) >= 11 is 10.0. The van der Waals surface area contributed by atoms with Crippen molar-refractivity contribution in [3.8, 4) is 11.8 Å². The molecule has 0 atom stereocenters. The number of carbonyl (C=O) groups is 1. The molecule has 188 valence electrons. The van der Waals surface area contributed by atoms with Crippen LogP contribution >= 0.6 is 27.5 Å². The van der Waals surface area contributed by atoms with Crippen molar-refractivity contribution < 1.29 is 9.53 Å². The summed E-state index contributed by atoms with van der Waals surface area (Å²) in [5.41, 5.74) is 3.80. The van der Waals surface area contributed by atoms with Gasteiger partial charge < -0.3 is 15.0 Å². The van der Waals surface area contributed by atoms with Crippen LogP contribution in [0.2, 0.25) is 5.02 Å². The third-order valence-electron chi connectivity index (χ3n) is 6.25. The number of hydrogen-bond acceptors (Lipinski definition) is 3. The number of hydrogen-bond donors (Lipinski definition) is 2. The van der Waals surface area contributed by atoms with E-state index in [-0.39, 0.29) is 5.57 Å². The molecule has 5 rings (SSSR count). The van der Waals surface area contributed by atoms with Crippen molar-refractivity contribution in [3.63, 3.8) is 0 Å². The number of para-hydroxylation sites is 1. The number of halogens is 2. The molecule has 0 fully saturated rings. The quantitative estimate of drug-likeness (QED) is 0.146. The number of ether oxygens (including phenoxy) is 1. The van der Waals surface area contributed by atoms with E-state index in [2.05, 4.69) is 50.5 Å². The molecule has 2 N–H and O–H groups in total. The van der Waals surface area contributed by atoms with Crippen molar-refractivity contribution in [1.29, 1.82) is 5.26 Å². The van der Waals surface area contributed by atoms with E-state index in [0.29, 0.717) is 40.4 Å². The summed E-state index contributed by atoms with van der Waals surface area (Å²) in [4.78, 5) is 15.9. The molecular weight excluding hydrogens is 562 g/mol. The third-order valence-corrected chi connectivity index (χ3v) is 7.12. The molecule has 0 unspecified atom stereocenters. The van der Waals surface area contributed by atoms with E-state index in [1.807, 2.05) is 54.7 Å². The van der Waals surface area contributed by atoms with Gasteiger partial charge in [-0.1, -0.05) is 66.2 Å². The highest BCUT2D eigenvalue weighted by Gasteiger charge is 2.13. The molecule has 0 aliphatic heterocycles. The number of fused-ring (bicyclic) bond motifs is 2. The Hall–Kier alpha value is -4.05. The van der Waals surface area contributed by atoms with E-state index in [4.69, 9.17) is 16.3 Å². The summed E-state index contributed by atoms with van der Waals surface area (Å²) in [6.07, 6.45) is 4.11. The van der Waals surface area contributed by atoms with Crippen LogP contribution in [-0.4, -0.2) is 17.4 Å². The lowest BCUT2D eigenvalue weighted by atomic mass is 10.1. The molecule has 0 bridgehead atoms. The summed E-state index contributed by atoms with van der Waals surface area (Å²) in [6, 6.07) is 27.8. The van der Waals surface area contributed by atoms with E-state index in [0.717, 1.165) is 27.4 Å². The number of nitrogens with one attached hydrogen (secondary N) is 2. The first-order valence-corrected chi connectivity index (χ1v) is 13.2. The Labute approximate surface area is 233 Å². The standard InChI is InChI=1S/C31H23BrClN3O2/c32-27-15-21(16-28(33)30(27)38-19-20-9-10-22-5-1-2-6-23(22)13-20)14-25(17-34)31(37)35-12-11-24-18-36-29-8-4-3-7-26(24)29/h1-10,13-16,18,36H,11-12,19H2,(H,35,37)/b25-14-. The maximum absolute atomic E-state index is 12.7. The van der Waals surface area contributed by atoms with Crippen LogP contribution in [0.1, 0.15) is 16.7 Å². The molecule has 0 saturated heterocycles. The van der Waals surface area contributed by atoms with Crippen LogP contribution in [0.15, 0.2) is 95.1 Å². The molecule has 1 amide bonds. The van der Waals surface area contributed by atoms with Crippen LogP contribution in [0.3, 0.4) is 0 Å². The monoisotopic (exact) mass is 583 g/mol. The lowest BCUT2D eigenvalue weighted by molar-refractivity contribution is -0.117. The predicted molar refractivity (Wildman–Crippen MR) is 156 cm³/mol. The first-order valence-electron chi connectivity index (χ1n) is 12.1. The Morgan fingerprint density at radius 3 is 2.66 bits per heavy atom. The number of benzene rings is 4. The average Bonchev–Trinajstić information content (AvgIpc) is 3.34. The maximum Gasteiger partial charge on any atom is 0.261 e. The Morgan fingerprint density at radius 2 is 1.84 bits per heavy atom. The fraction of sp³-hybridized carbons (Fsp3) is 0.0968. The van der Waals surface area contributed by atoms with Crippen molar-refractivity contribution >= 4 is 61.2 Å². The molecule has 0 radical (unpaired) electrons. The molecule has 5 aromatic rings. The van der Waals surface area contributed by atoms with Crippen LogP contribution in [0.4, 0.5) is 0 Å². The number of aromatic amines is 1. The van der Waals surface area contributed by atoms with Gasteiger partial charge in [-0.15, -0.1) is 0 Å². The van der Waals surface area contributed by atoms with Crippen molar-refractivity contribution in [3.05, 3.63) is 117 Å². The predicted octanol–water partition coefficient (Wildman–Crippen LogP) is 7.58. The highest BCUT2D eigenvalue weighted by molar-refractivity contribution is 9.10. The van der Waals surface area contributed by atoms with Gasteiger partial charge in [0.1, 0.15) is 18.2 Å². The normalized spacial score (nSPS) is 11.4. The number of rotatable bonds is 8. The number of nitrogens with zero attached hydrogens (tertiary/aromatic N) is 1. The molecule has 7 heteroatoms. The van der Waals surface area contributed by atoms with Crippen molar-refractivity contribution in [2.45, 2.75) is 13.0 Å². The number of H-pyrrole nitrogens is 1. The molecule has 0 aliphatic carbocycles. The van der Waals surface area contributed by atoms with Crippen LogP contribution in [0.5, 0.6) is 5.75 Å². The van der Waals surface area contributed by atoms with E-state index < -0.39 is 5.91 Å². The number of amides is 1. The second-order valence-electron chi connectivity index (χ2n) is 8.82. The zero-order chi connectivity index (χ0) is 26.5. The van der Waals surface area contributed by atoms with Crippen LogP contribution in [0, 0.1) is 11.3 Å². The maximum atomic E-state index is 12.7. The molecular formula is C31H23BrClN3O2. The summed E-state index contributed by atoms with van der Waals surface area (Å²) in [5.74, 6) is 0.0647. The largest absolute Gasteiger partial charge is 0.486 e. The van der Waals surface area contributed by atoms with Crippen LogP contribution in [-0.2, 0) is 17.8 Å². The van der Waals surface area contributed by atoms with Crippen molar-refractivity contribution in [2.75, 3.05) is 6.54 Å². The molecule has 38 heavy (non-hydrogen) atoms. The molecule has 5 nitrogen and oxygen atoms in total. The smallest absolute Gasteiger partial charge is 0.261 e. The third kappa shape index (κ3) is 5.75. The van der Waals surface area contributed by atoms with E-state index in [1.54, 1.807) is 12.1 Å². The zero-order valence-electron chi connectivity index (χ0n) is 20.3.